The molecular weight excluding hydrogens is 388 g/mol. The highest BCUT2D eigenvalue weighted by Crippen LogP contribution is 2.17. The molecule has 0 unspecified atom stereocenters. The van der Waals surface area contributed by atoms with Gasteiger partial charge in [0.2, 0.25) is 10.0 Å². The Balaban J connectivity index is 1.92. The van der Waals surface area contributed by atoms with Crippen molar-refractivity contribution in [3.05, 3.63) is 60.2 Å². The van der Waals surface area contributed by atoms with Crippen molar-refractivity contribution >= 4 is 16.0 Å². The van der Waals surface area contributed by atoms with Crippen molar-refractivity contribution in [1.29, 1.82) is 0 Å². The van der Waals surface area contributed by atoms with Gasteiger partial charge >= 0.3 is 0 Å². The zero-order valence-electron chi connectivity index (χ0n) is 17.4. The number of nitrogens with zero attached hydrogens (tertiary/aromatic N) is 1. The van der Waals surface area contributed by atoms with Gasteiger partial charge in [-0.25, -0.2) is 13.1 Å². The van der Waals surface area contributed by atoms with Gasteiger partial charge in [0.1, 0.15) is 12.4 Å². The van der Waals surface area contributed by atoms with Crippen LogP contribution >= 0.6 is 0 Å². The number of guanidine groups is 1. The molecule has 0 aromatic heterocycles. The van der Waals surface area contributed by atoms with Crippen molar-refractivity contribution in [3.63, 3.8) is 0 Å². The molecule has 8 heteroatoms. The van der Waals surface area contributed by atoms with Crippen LogP contribution in [0.2, 0.25) is 0 Å². The van der Waals surface area contributed by atoms with Gasteiger partial charge in [-0.2, -0.15) is 0 Å². The van der Waals surface area contributed by atoms with Crippen LogP contribution in [0, 0.1) is 0 Å². The SMILES string of the molecule is CN=C(NCCOc1ccccc1)NCc1ccccc1S(=O)(=O)NC(C)(C)C. The van der Waals surface area contributed by atoms with Crippen LogP contribution in [0.15, 0.2) is 64.5 Å². The van der Waals surface area contributed by atoms with E-state index >= 15 is 0 Å². The van der Waals surface area contributed by atoms with Crippen LogP contribution < -0.4 is 20.1 Å². The third-order valence-electron chi connectivity index (χ3n) is 3.78. The van der Waals surface area contributed by atoms with Crippen molar-refractivity contribution in [3.8, 4) is 5.75 Å². The molecule has 0 aliphatic heterocycles. The lowest BCUT2D eigenvalue weighted by Crippen LogP contribution is -2.41. The van der Waals surface area contributed by atoms with Crippen molar-refractivity contribution in [1.82, 2.24) is 15.4 Å². The number of hydrogen-bond donors (Lipinski definition) is 3. The average Bonchev–Trinajstić information content (AvgIpc) is 2.66. The number of para-hydroxylation sites is 1. The highest BCUT2D eigenvalue weighted by Gasteiger charge is 2.24. The third kappa shape index (κ3) is 7.75. The number of ether oxygens (including phenoxy) is 1. The van der Waals surface area contributed by atoms with Crippen LogP contribution in [0.25, 0.3) is 0 Å². The van der Waals surface area contributed by atoms with Gasteiger partial charge in [-0.1, -0.05) is 36.4 Å². The van der Waals surface area contributed by atoms with E-state index in [0.29, 0.717) is 31.2 Å². The van der Waals surface area contributed by atoms with E-state index < -0.39 is 15.6 Å². The third-order valence-corrected chi connectivity index (χ3v) is 5.64. The summed E-state index contributed by atoms with van der Waals surface area (Å²) in [6, 6.07) is 16.5. The summed E-state index contributed by atoms with van der Waals surface area (Å²) in [5, 5.41) is 6.31. The fourth-order valence-corrected chi connectivity index (χ4v) is 4.28. The highest BCUT2D eigenvalue weighted by molar-refractivity contribution is 7.89. The Bertz CT molecular complexity index is 907. The van der Waals surface area contributed by atoms with Crippen LogP contribution in [0.4, 0.5) is 0 Å². The maximum absolute atomic E-state index is 12.7. The molecule has 0 fully saturated rings. The van der Waals surface area contributed by atoms with E-state index in [0.717, 1.165) is 5.75 Å². The van der Waals surface area contributed by atoms with Crippen LogP contribution in [0.3, 0.4) is 0 Å². The Morgan fingerprint density at radius 1 is 1.00 bits per heavy atom. The molecule has 2 aromatic rings. The molecule has 0 heterocycles. The first-order chi connectivity index (χ1) is 13.7. The average molecular weight is 419 g/mol. The standard InChI is InChI=1S/C21H30N4O3S/c1-21(2,3)25-29(26,27)19-13-9-8-10-17(19)16-24-20(22-4)23-14-15-28-18-11-6-5-7-12-18/h5-13,25H,14-16H2,1-4H3,(H2,22,23,24). The molecule has 7 nitrogen and oxygen atoms in total. The maximum atomic E-state index is 12.7. The Labute approximate surface area is 173 Å². The zero-order valence-corrected chi connectivity index (χ0v) is 18.2. The van der Waals surface area contributed by atoms with E-state index in [2.05, 4.69) is 20.3 Å². The minimum absolute atomic E-state index is 0.255. The van der Waals surface area contributed by atoms with E-state index in [1.54, 1.807) is 25.2 Å². The number of sulfonamides is 1. The van der Waals surface area contributed by atoms with E-state index in [1.165, 1.54) is 0 Å². The van der Waals surface area contributed by atoms with Gasteiger partial charge in [0.25, 0.3) is 0 Å². The fraction of sp³-hybridized carbons (Fsp3) is 0.381. The molecule has 0 amide bonds. The molecule has 29 heavy (non-hydrogen) atoms. The van der Waals surface area contributed by atoms with Crippen LogP contribution in [0.5, 0.6) is 5.75 Å². The summed E-state index contributed by atoms with van der Waals surface area (Å²) in [5.41, 5.74) is 0.100. The highest BCUT2D eigenvalue weighted by atomic mass is 32.2. The van der Waals surface area contributed by atoms with E-state index in [9.17, 15) is 8.42 Å². The first-order valence-corrected chi connectivity index (χ1v) is 10.9. The predicted octanol–water partition coefficient (Wildman–Crippen LogP) is 2.51. The summed E-state index contributed by atoms with van der Waals surface area (Å²) in [6.45, 7) is 6.80. The number of aliphatic imine (C=N–C) groups is 1. The second kappa shape index (κ2) is 10.3. The summed E-state index contributed by atoms with van der Waals surface area (Å²) < 4.78 is 33.8. The van der Waals surface area contributed by atoms with Crippen molar-refractivity contribution < 1.29 is 13.2 Å². The monoisotopic (exact) mass is 418 g/mol. The molecular formula is C21H30N4O3S. The molecule has 0 saturated carbocycles. The van der Waals surface area contributed by atoms with Gasteiger partial charge < -0.3 is 15.4 Å². The predicted molar refractivity (Wildman–Crippen MR) is 117 cm³/mol. The Kier molecular flexibility index (Phi) is 8.04. The van der Waals surface area contributed by atoms with Gasteiger partial charge in [0, 0.05) is 19.1 Å². The first-order valence-electron chi connectivity index (χ1n) is 9.45. The fourth-order valence-electron chi connectivity index (χ4n) is 2.62. The van der Waals surface area contributed by atoms with Gasteiger partial charge in [0.15, 0.2) is 5.96 Å². The molecule has 2 aromatic carbocycles. The molecule has 0 aliphatic carbocycles. The molecule has 3 N–H and O–H groups in total. The second-order valence-electron chi connectivity index (χ2n) is 7.48. The second-order valence-corrected chi connectivity index (χ2v) is 9.13. The van der Waals surface area contributed by atoms with Crippen LogP contribution in [-0.2, 0) is 16.6 Å². The lowest BCUT2D eigenvalue weighted by Gasteiger charge is -2.22. The topological polar surface area (TPSA) is 91.8 Å². The molecule has 0 radical (unpaired) electrons. The number of benzene rings is 2. The van der Waals surface area contributed by atoms with Crippen molar-refractivity contribution in [2.24, 2.45) is 4.99 Å². The minimum Gasteiger partial charge on any atom is -0.492 e. The van der Waals surface area contributed by atoms with Gasteiger partial charge in [-0.3, -0.25) is 4.99 Å². The Morgan fingerprint density at radius 2 is 1.66 bits per heavy atom. The van der Waals surface area contributed by atoms with Crippen LogP contribution in [0.1, 0.15) is 26.3 Å². The molecule has 0 saturated heterocycles. The summed E-state index contributed by atoms with van der Waals surface area (Å²) in [6.07, 6.45) is 0. The number of nitrogens with one attached hydrogen (secondary N) is 3. The molecule has 0 spiro atoms. The van der Waals surface area contributed by atoms with Gasteiger partial charge in [-0.15, -0.1) is 0 Å². The Hall–Kier alpha value is -2.58. The summed E-state index contributed by atoms with van der Waals surface area (Å²) >= 11 is 0. The smallest absolute Gasteiger partial charge is 0.241 e. The summed E-state index contributed by atoms with van der Waals surface area (Å²) in [7, 11) is -1.96. The normalized spacial score (nSPS) is 12.5. The molecule has 158 valence electrons. The van der Waals surface area contributed by atoms with Crippen molar-refractivity contribution in [2.45, 2.75) is 37.8 Å². The van der Waals surface area contributed by atoms with E-state index in [1.807, 2.05) is 57.2 Å². The van der Waals surface area contributed by atoms with E-state index in [4.69, 9.17) is 4.74 Å². The largest absolute Gasteiger partial charge is 0.492 e. The minimum atomic E-state index is -3.63. The maximum Gasteiger partial charge on any atom is 0.241 e. The number of rotatable bonds is 8. The first kappa shape index (κ1) is 22.7. The summed E-state index contributed by atoms with van der Waals surface area (Å²) in [4.78, 5) is 4.43. The zero-order chi connectivity index (χ0) is 21.3. The molecule has 0 atom stereocenters. The lowest BCUT2D eigenvalue weighted by atomic mass is 10.1. The summed E-state index contributed by atoms with van der Waals surface area (Å²) in [5.74, 6) is 1.38. The van der Waals surface area contributed by atoms with Crippen LogP contribution in [-0.4, -0.2) is 40.1 Å². The van der Waals surface area contributed by atoms with Gasteiger partial charge in [-0.05, 0) is 44.5 Å². The molecule has 0 aliphatic rings. The lowest BCUT2D eigenvalue weighted by molar-refractivity contribution is 0.322. The van der Waals surface area contributed by atoms with Gasteiger partial charge in [0.05, 0.1) is 11.4 Å². The van der Waals surface area contributed by atoms with E-state index in [-0.39, 0.29) is 4.90 Å². The number of hydrogen-bond acceptors (Lipinski definition) is 4. The molecule has 0 bridgehead atoms. The quantitative estimate of drug-likeness (QED) is 0.348. The molecule has 2 rings (SSSR count). The van der Waals surface area contributed by atoms with Crippen molar-refractivity contribution in [2.75, 3.05) is 20.2 Å². The Morgan fingerprint density at radius 3 is 2.31 bits per heavy atom.